The van der Waals surface area contributed by atoms with Crippen molar-refractivity contribution in [2.45, 2.75) is 45.6 Å². The van der Waals surface area contributed by atoms with Crippen molar-refractivity contribution in [2.24, 2.45) is 11.7 Å². The van der Waals surface area contributed by atoms with Crippen LogP contribution in [0.5, 0.6) is 0 Å². The van der Waals surface area contributed by atoms with Crippen molar-refractivity contribution < 1.29 is 0 Å². The molecule has 18 heavy (non-hydrogen) atoms. The summed E-state index contributed by atoms with van der Waals surface area (Å²) in [5.74, 6) is 1.76. The molecule has 4 nitrogen and oxygen atoms in total. The molecule has 1 atom stereocenters. The maximum Gasteiger partial charge on any atom is 0.225 e. The zero-order valence-electron chi connectivity index (χ0n) is 11.3. The van der Waals surface area contributed by atoms with E-state index in [1.165, 1.54) is 32.1 Å². The number of nitrogens with zero attached hydrogens (tertiary/aromatic N) is 3. The van der Waals surface area contributed by atoms with E-state index in [1.807, 2.05) is 12.4 Å². The zero-order chi connectivity index (χ0) is 12.8. The lowest BCUT2D eigenvalue weighted by atomic mass is 9.96. The Kier molecular flexibility index (Phi) is 4.93. The minimum Gasteiger partial charge on any atom is -0.341 e. The first kappa shape index (κ1) is 13.3. The molecule has 0 aromatic carbocycles. The molecule has 0 aliphatic carbocycles. The highest BCUT2D eigenvalue weighted by atomic mass is 15.2. The lowest BCUT2D eigenvalue weighted by molar-refractivity contribution is 0.435. The topological polar surface area (TPSA) is 55.0 Å². The fourth-order valence-electron chi connectivity index (χ4n) is 2.68. The second kappa shape index (κ2) is 6.69. The Balaban J connectivity index is 1.96. The number of anilines is 1. The molecular weight excluding hydrogens is 224 g/mol. The molecule has 1 aromatic rings. The fraction of sp³-hybridized carbons (Fsp3) is 0.714. The van der Waals surface area contributed by atoms with Gasteiger partial charge in [-0.05, 0) is 25.2 Å². The maximum absolute atomic E-state index is 5.56. The summed E-state index contributed by atoms with van der Waals surface area (Å²) in [7, 11) is 0. The molecule has 2 rings (SSSR count). The molecule has 1 aliphatic rings. The van der Waals surface area contributed by atoms with Gasteiger partial charge in [0.2, 0.25) is 5.95 Å². The molecule has 2 N–H and O–H groups in total. The zero-order valence-corrected chi connectivity index (χ0v) is 11.3. The van der Waals surface area contributed by atoms with E-state index >= 15 is 0 Å². The number of nitrogens with two attached hydrogens (primary N) is 1. The molecule has 0 radical (unpaired) electrons. The third-order valence-electron chi connectivity index (χ3n) is 3.75. The van der Waals surface area contributed by atoms with E-state index in [-0.39, 0.29) is 0 Å². The first-order valence-electron chi connectivity index (χ1n) is 7.09. The molecule has 100 valence electrons. The second-order valence-electron chi connectivity index (χ2n) is 5.17. The van der Waals surface area contributed by atoms with Gasteiger partial charge in [-0.25, -0.2) is 9.97 Å². The molecule has 1 unspecified atom stereocenters. The van der Waals surface area contributed by atoms with E-state index < -0.39 is 0 Å². The first-order chi connectivity index (χ1) is 8.83. The van der Waals surface area contributed by atoms with Crippen molar-refractivity contribution in [1.29, 1.82) is 0 Å². The summed E-state index contributed by atoms with van der Waals surface area (Å²) in [6, 6.07) is 0. The van der Waals surface area contributed by atoms with Gasteiger partial charge >= 0.3 is 0 Å². The van der Waals surface area contributed by atoms with Crippen molar-refractivity contribution in [3.8, 4) is 0 Å². The van der Waals surface area contributed by atoms with Crippen LogP contribution in [0.25, 0.3) is 0 Å². The van der Waals surface area contributed by atoms with E-state index in [9.17, 15) is 0 Å². The van der Waals surface area contributed by atoms with Gasteiger partial charge < -0.3 is 10.6 Å². The fourth-order valence-corrected chi connectivity index (χ4v) is 2.68. The Morgan fingerprint density at radius 3 is 2.72 bits per heavy atom. The van der Waals surface area contributed by atoms with Gasteiger partial charge in [0.15, 0.2) is 0 Å². The molecule has 0 bridgehead atoms. The average molecular weight is 248 g/mol. The highest BCUT2D eigenvalue weighted by Gasteiger charge is 2.17. The number of aromatic nitrogens is 2. The lowest BCUT2D eigenvalue weighted by Gasteiger charge is -2.20. The van der Waals surface area contributed by atoms with Gasteiger partial charge in [-0.15, -0.1) is 0 Å². The molecule has 0 saturated carbocycles. The third kappa shape index (κ3) is 3.42. The molecular formula is C14H24N4. The summed E-state index contributed by atoms with van der Waals surface area (Å²) in [5.41, 5.74) is 6.56. The largest absolute Gasteiger partial charge is 0.341 e. The molecule has 1 fully saturated rings. The smallest absolute Gasteiger partial charge is 0.225 e. The summed E-state index contributed by atoms with van der Waals surface area (Å²) >= 11 is 0. The van der Waals surface area contributed by atoms with Crippen molar-refractivity contribution in [3.63, 3.8) is 0 Å². The first-order valence-corrected chi connectivity index (χ1v) is 7.09. The molecule has 1 aliphatic heterocycles. The van der Waals surface area contributed by atoms with Crippen LogP contribution in [-0.2, 0) is 6.54 Å². The Morgan fingerprint density at radius 2 is 2.06 bits per heavy atom. The summed E-state index contributed by atoms with van der Waals surface area (Å²) < 4.78 is 0. The second-order valence-corrected chi connectivity index (χ2v) is 5.17. The van der Waals surface area contributed by atoms with Crippen molar-refractivity contribution in [1.82, 2.24) is 9.97 Å². The van der Waals surface area contributed by atoms with E-state index in [0.29, 0.717) is 6.54 Å². The summed E-state index contributed by atoms with van der Waals surface area (Å²) in [6.45, 7) is 4.96. The predicted octanol–water partition coefficient (Wildman–Crippen LogP) is 2.34. The normalized spacial score (nSPS) is 20.8. The van der Waals surface area contributed by atoms with E-state index in [0.717, 1.165) is 30.5 Å². The summed E-state index contributed by atoms with van der Waals surface area (Å²) in [4.78, 5) is 11.2. The van der Waals surface area contributed by atoms with Gasteiger partial charge in [0.25, 0.3) is 0 Å². The van der Waals surface area contributed by atoms with Gasteiger partial charge in [-0.3, -0.25) is 0 Å². The molecule has 4 heteroatoms. The SMILES string of the molecule is CCCC1CCCN(c2ncc(CN)cn2)CC1. The van der Waals surface area contributed by atoms with E-state index in [1.54, 1.807) is 0 Å². The highest BCUT2D eigenvalue weighted by molar-refractivity contribution is 5.29. The van der Waals surface area contributed by atoms with Crippen LogP contribution in [-0.4, -0.2) is 23.1 Å². The third-order valence-corrected chi connectivity index (χ3v) is 3.75. The Bertz CT molecular complexity index is 349. The van der Waals surface area contributed by atoms with Crippen LogP contribution in [0.2, 0.25) is 0 Å². The van der Waals surface area contributed by atoms with E-state index in [4.69, 9.17) is 5.73 Å². The average Bonchev–Trinajstić information content (AvgIpc) is 2.65. The van der Waals surface area contributed by atoms with Crippen LogP contribution in [0, 0.1) is 5.92 Å². The van der Waals surface area contributed by atoms with Gasteiger partial charge in [0, 0.05) is 37.6 Å². The van der Waals surface area contributed by atoms with Crippen molar-refractivity contribution in [2.75, 3.05) is 18.0 Å². The van der Waals surface area contributed by atoms with Crippen LogP contribution in [0.4, 0.5) is 5.95 Å². The molecule has 1 aromatic heterocycles. The lowest BCUT2D eigenvalue weighted by Crippen LogP contribution is -2.26. The minimum absolute atomic E-state index is 0.513. The van der Waals surface area contributed by atoms with Crippen LogP contribution in [0.1, 0.15) is 44.6 Å². The van der Waals surface area contributed by atoms with Crippen LogP contribution in [0.15, 0.2) is 12.4 Å². The van der Waals surface area contributed by atoms with Crippen molar-refractivity contribution >= 4 is 5.95 Å². The number of hydrogen-bond donors (Lipinski definition) is 1. The minimum atomic E-state index is 0.513. The van der Waals surface area contributed by atoms with Crippen LogP contribution in [0.3, 0.4) is 0 Å². The maximum atomic E-state index is 5.56. The number of hydrogen-bond acceptors (Lipinski definition) is 4. The van der Waals surface area contributed by atoms with E-state index in [2.05, 4.69) is 21.8 Å². The molecule has 0 amide bonds. The Labute approximate surface area is 110 Å². The Hall–Kier alpha value is -1.16. The monoisotopic (exact) mass is 248 g/mol. The summed E-state index contributed by atoms with van der Waals surface area (Å²) in [5, 5.41) is 0. The van der Waals surface area contributed by atoms with Gasteiger partial charge in [-0.1, -0.05) is 19.8 Å². The van der Waals surface area contributed by atoms with Crippen LogP contribution >= 0.6 is 0 Å². The van der Waals surface area contributed by atoms with Crippen molar-refractivity contribution in [3.05, 3.63) is 18.0 Å². The van der Waals surface area contributed by atoms with Crippen LogP contribution < -0.4 is 10.6 Å². The van der Waals surface area contributed by atoms with Gasteiger partial charge in [-0.2, -0.15) is 0 Å². The highest BCUT2D eigenvalue weighted by Crippen LogP contribution is 2.23. The standard InChI is InChI=1S/C14H24N4/c1-2-4-12-5-3-7-18(8-6-12)14-16-10-13(9-15)11-17-14/h10-12H,2-9,15H2,1H3. The summed E-state index contributed by atoms with van der Waals surface area (Å²) in [6.07, 6.45) is 10.2. The molecule has 1 saturated heterocycles. The van der Waals surface area contributed by atoms with Gasteiger partial charge in [0.1, 0.15) is 0 Å². The quantitative estimate of drug-likeness (QED) is 0.888. The molecule has 0 spiro atoms. The predicted molar refractivity (Wildman–Crippen MR) is 74.4 cm³/mol. The Morgan fingerprint density at radius 1 is 1.28 bits per heavy atom. The number of rotatable bonds is 4. The molecule has 2 heterocycles. The van der Waals surface area contributed by atoms with Gasteiger partial charge in [0.05, 0.1) is 0 Å².